The Balaban J connectivity index is 1.65. The predicted octanol–water partition coefficient (Wildman–Crippen LogP) is -0.453. The van der Waals surface area contributed by atoms with E-state index in [0.29, 0.717) is 25.4 Å². The second kappa shape index (κ2) is 5.48. The van der Waals surface area contributed by atoms with Crippen molar-refractivity contribution in [2.24, 2.45) is 18.7 Å². The molecule has 3 heterocycles. The van der Waals surface area contributed by atoms with Gasteiger partial charge in [-0.05, 0) is 18.8 Å². The molecule has 21 heavy (non-hydrogen) atoms. The summed E-state index contributed by atoms with van der Waals surface area (Å²) < 4.78 is 1.64. The molecule has 1 aromatic heterocycles. The molecule has 7 nitrogen and oxygen atoms in total. The van der Waals surface area contributed by atoms with Gasteiger partial charge in [0.2, 0.25) is 11.8 Å². The van der Waals surface area contributed by atoms with Crippen molar-refractivity contribution in [2.45, 2.75) is 31.3 Å². The van der Waals surface area contributed by atoms with Crippen molar-refractivity contribution in [1.82, 2.24) is 20.0 Å². The van der Waals surface area contributed by atoms with E-state index in [-0.39, 0.29) is 17.9 Å². The highest BCUT2D eigenvalue weighted by atomic mass is 16.2. The van der Waals surface area contributed by atoms with Gasteiger partial charge in [-0.2, -0.15) is 5.10 Å². The molecule has 0 spiro atoms. The molecule has 2 aliphatic rings. The van der Waals surface area contributed by atoms with Gasteiger partial charge in [-0.1, -0.05) is 0 Å². The van der Waals surface area contributed by atoms with E-state index in [1.807, 2.05) is 4.90 Å². The van der Waals surface area contributed by atoms with Gasteiger partial charge < -0.3 is 16.0 Å². The zero-order valence-corrected chi connectivity index (χ0v) is 12.2. The number of piperidine rings is 2. The van der Waals surface area contributed by atoms with Crippen LogP contribution in [0, 0.1) is 5.92 Å². The van der Waals surface area contributed by atoms with E-state index in [1.165, 1.54) is 0 Å². The third-order valence-corrected chi connectivity index (χ3v) is 4.48. The van der Waals surface area contributed by atoms with Crippen LogP contribution in [0.2, 0.25) is 0 Å². The van der Waals surface area contributed by atoms with Crippen molar-refractivity contribution in [1.29, 1.82) is 0 Å². The van der Waals surface area contributed by atoms with Crippen molar-refractivity contribution in [3.05, 3.63) is 18.0 Å². The highest BCUT2D eigenvalue weighted by Crippen LogP contribution is 2.26. The van der Waals surface area contributed by atoms with Gasteiger partial charge in [0.15, 0.2) is 0 Å². The number of likely N-dealkylation sites (tertiary alicyclic amines) is 1. The highest BCUT2D eigenvalue weighted by Gasteiger charge is 2.36. The number of nitrogens with two attached hydrogens (primary N) is 1. The zero-order valence-electron chi connectivity index (χ0n) is 12.2. The number of nitrogens with one attached hydrogen (secondary N) is 1. The van der Waals surface area contributed by atoms with Crippen LogP contribution in [0.1, 0.15) is 30.9 Å². The number of rotatable bonds is 2. The van der Waals surface area contributed by atoms with E-state index in [9.17, 15) is 9.59 Å². The Labute approximate surface area is 123 Å². The lowest BCUT2D eigenvalue weighted by molar-refractivity contribution is -0.136. The van der Waals surface area contributed by atoms with Crippen LogP contribution in [0.5, 0.6) is 0 Å². The second-order valence-electron chi connectivity index (χ2n) is 5.97. The van der Waals surface area contributed by atoms with Crippen molar-refractivity contribution < 1.29 is 9.59 Å². The molecule has 3 atom stereocenters. The first-order valence-corrected chi connectivity index (χ1v) is 7.37. The molecule has 1 aromatic rings. The Morgan fingerprint density at radius 3 is 3.05 bits per heavy atom. The van der Waals surface area contributed by atoms with Gasteiger partial charge >= 0.3 is 0 Å². The molecular weight excluding hydrogens is 270 g/mol. The number of fused-ring (bicyclic) bond motifs is 1. The van der Waals surface area contributed by atoms with E-state index >= 15 is 0 Å². The Morgan fingerprint density at radius 2 is 2.33 bits per heavy atom. The Hall–Kier alpha value is -1.89. The van der Waals surface area contributed by atoms with Crippen molar-refractivity contribution in [2.75, 3.05) is 13.1 Å². The molecule has 2 saturated heterocycles. The third-order valence-electron chi connectivity index (χ3n) is 4.48. The van der Waals surface area contributed by atoms with E-state index in [2.05, 4.69) is 10.4 Å². The lowest BCUT2D eigenvalue weighted by Gasteiger charge is -2.42. The average molecular weight is 291 g/mol. The quantitative estimate of drug-likeness (QED) is 0.771. The van der Waals surface area contributed by atoms with Gasteiger partial charge in [-0.25, -0.2) is 0 Å². The maximum absolute atomic E-state index is 12.5. The number of carbonyl (C=O) groups is 2. The average Bonchev–Trinajstić information content (AvgIpc) is 2.91. The molecule has 3 rings (SSSR count). The molecule has 0 aliphatic carbocycles. The van der Waals surface area contributed by atoms with Crippen LogP contribution >= 0.6 is 0 Å². The van der Waals surface area contributed by atoms with Crippen molar-refractivity contribution in [3.63, 3.8) is 0 Å². The largest absolute Gasteiger partial charge is 0.353 e. The van der Waals surface area contributed by atoms with E-state index in [0.717, 1.165) is 18.4 Å². The van der Waals surface area contributed by atoms with Gasteiger partial charge in [0, 0.05) is 44.4 Å². The molecule has 3 unspecified atom stereocenters. The summed E-state index contributed by atoms with van der Waals surface area (Å²) in [6.45, 7) is 1.33. The van der Waals surface area contributed by atoms with E-state index < -0.39 is 6.04 Å². The van der Waals surface area contributed by atoms with Crippen molar-refractivity contribution >= 4 is 11.8 Å². The summed E-state index contributed by atoms with van der Waals surface area (Å²) in [4.78, 5) is 25.8. The number of aromatic nitrogens is 2. The Bertz CT molecular complexity index is 555. The third kappa shape index (κ3) is 2.78. The topological polar surface area (TPSA) is 93.2 Å². The normalized spacial score (nSPS) is 27.0. The molecule has 114 valence electrons. The molecule has 2 fully saturated rings. The standard InChI is InChI=1S/C14H21N5O2/c1-18-7-10(6-16-18)13(15)14(21)19-5-4-11-9(8-19)2-3-12(20)17-11/h6-7,9,11,13H,2-5,8,15H2,1H3,(H,17,20). The number of aryl methyl sites for hydroxylation is 1. The van der Waals surface area contributed by atoms with Gasteiger partial charge in [0.25, 0.3) is 0 Å². The van der Waals surface area contributed by atoms with Crippen LogP contribution in [0.25, 0.3) is 0 Å². The molecule has 0 saturated carbocycles. The molecule has 0 radical (unpaired) electrons. The zero-order chi connectivity index (χ0) is 15.0. The van der Waals surface area contributed by atoms with Crippen LogP contribution in [0.15, 0.2) is 12.4 Å². The minimum absolute atomic E-state index is 0.0571. The predicted molar refractivity (Wildman–Crippen MR) is 76.0 cm³/mol. The molecule has 3 N–H and O–H groups in total. The minimum atomic E-state index is -0.659. The molecule has 0 aromatic carbocycles. The summed E-state index contributed by atoms with van der Waals surface area (Å²) in [6, 6.07) is -0.446. The number of nitrogens with zero attached hydrogens (tertiary/aromatic N) is 3. The van der Waals surface area contributed by atoms with E-state index in [1.54, 1.807) is 24.1 Å². The number of hydrogen-bond donors (Lipinski definition) is 2. The SMILES string of the molecule is Cn1cc(C(N)C(=O)N2CCC3NC(=O)CCC3C2)cn1. The van der Waals surface area contributed by atoms with Crippen LogP contribution in [-0.4, -0.2) is 45.6 Å². The lowest BCUT2D eigenvalue weighted by atomic mass is 9.85. The maximum atomic E-state index is 12.5. The second-order valence-corrected chi connectivity index (χ2v) is 5.97. The molecule has 7 heteroatoms. The fourth-order valence-electron chi connectivity index (χ4n) is 3.25. The summed E-state index contributed by atoms with van der Waals surface area (Å²) in [6.07, 6.45) is 5.62. The monoisotopic (exact) mass is 291 g/mol. The van der Waals surface area contributed by atoms with Crippen LogP contribution < -0.4 is 11.1 Å². The van der Waals surface area contributed by atoms with Crippen molar-refractivity contribution in [3.8, 4) is 0 Å². The fourth-order valence-corrected chi connectivity index (χ4v) is 3.25. The minimum Gasteiger partial charge on any atom is -0.353 e. The summed E-state index contributed by atoms with van der Waals surface area (Å²) >= 11 is 0. The fraction of sp³-hybridized carbons (Fsp3) is 0.643. The van der Waals surface area contributed by atoms with Gasteiger partial charge in [-0.3, -0.25) is 14.3 Å². The molecule has 2 aliphatic heterocycles. The first-order chi connectivity index (χ1) is 10.0. The summed E-state index contributed by atoms with van der Waals surface area (Å²) in [5.74, 6) is 0.419. The van der Waals surface area contributed by atoms with E-state index in [4.69, 9.17) is 5.73 Å². The molecule has 2 amide bonds. The van der Waals surface area contributed by atoms with Gasteiger partial charge in [0.1, 0.15) is 6.04 Å². The number of carbonyl (C=O) groups excluding carboxylic acids is 2. The van der Waals surface area contributed by atoms with Crippen LogP contribution in [0.4, 0.5) is 0 Å². The first kappa shape index (κ1) is 14.1. The summed E-state index contributed by atoms with van der Waals surface area (Å²) in [5, 5.41) is 7.08. The van der Waals surface area contributed by atoms with Crippen LogP contribution in [-0.2, 0) is 16.6 Å². The van der Waals surface area contributed by atoms with Gasteiger partial charge in [0.05, 0.1) is 6.20 Å². The Morgan fingerprint density at radius 1 is 1.52 bits per heavy atom. The molecule has 0 bridgehead atoms. The smallest absolute Gasteiger partial charge is 0.244 e. The number of hydrogen-bond acceptors (Lipinski definition) is 4. The number of amides is 2. The maximum Gasteiger partial charge on any atom is 0.244 e. The Kier molecular flexibility index (Phi) is 3.67. The first-order valence-electron chi connectivity index (χ1n) is 7.37. The van der Waals surface area contributed by atoms with Gasteiger partial charge in [-0.15, -0.1) is 0 Å². The summed E-state index contributed by atoms with van der Waals surface area (Å²) in [5.41, 5.74) is 6.80. The lowest BCUT2D eigenvalue weighted by Crippen LogP contribution is -2.56. The summed E-state index contributed by atoms with van der Waals surface area (Å²) in [7, 11) is 1.80. The molecular formula is C14H21N5O2. The highest BCUT2D eigenvalue weighted by molar-refractivity contribution is 5.83. The van der Waals surface area contributed by atoms with Crippen LogP contribution in [0.3, 0.4) is 0 Å².